The zero-order valence-electron chi connectivity index (χ0n) is 9.93. The van der Waals surface area contributed by atoms with Gasteiger partial charge in [-0.1, -0.05) is 0 Å². The summed E-state index contributed by atoms with van der Waals surface area (Å²) >= 11 is 0. The van der Waals surface area contributed by atoms with Gasteiger partial charge >= 0.3 is 0 Å². The Hall–Kier alpha value is -2.20. The predicted octanol–water partition coefficient (Wildman–Crippen LogP) is 1.03. The summed E-state index contributed by atoms with van der Waals surface area (Å²) in [7, 11) is 0. The van der Waals surface area contributed by atoms with Crippen LogP contribution >= 0.6 is 0 Å². The Morgan fingerprint density at radius 1 is 1.72 bits per heavy atom. The van der Waals surface area contributed by atoms with E-state index in [0.29, 0.717) is 5.82 Å². The lowest BCUT2D eigenvalue weighted by Gasteiger charge is -2.25. The Morgan fingerprint density at radius 2 is 2.50 bits per heavy atom. The van der Waals surface area contributed by atoms with Crippen LogP contribution in [0.15, 0.2) is 12.3 Å². The molecule has 2 rings (SSSR count). The first-order valence-corrected chi connectivity index (χ1v) is 5.57. The van der Waals surface area contributed by atoms with Crippen molar-refractivity contribution < 1.29 is 4.92 Å². The topological polar surface area (TPSA) is 104 Å². The fourth-order valence-corrected chi connectivity index (χ4v) is 1.95. The van der Waals surface area contributed by atoms with Gasteiger partial charge in [-0.2, -0.15) is 5.26 Å². The maximum atomic E-state index is 10.6. The van der Waals surface area contributed by atoms with E-state index in [9.17, 15) is 10.1 Å². The van der Waals surface area contributed by atoms with E-state index in [4.69, 9.17) is 5.26 Å². The number of nitrogens with one attached hydrogen (secondary N) is 2. The van der Waals surface area contributed by atoms with Gasteiger partial charge in [0.2, 0.25) is 0 Å². The first-order valence-electron chi connectivity index (χ1n) is 5.57. The number of nitro groups is 1. The number of nitrogens with zero attached hydrogens (tertiary/aromatic N) is 3. The minimum absolute atomic E-state index is 0.172. The zero-order chi connectivity index (χ0) is 13.2. The van der Waals surface area contributed by atoms with Crippen molar-refractivity contribution in [3.63, 3.8) is 0 Å². The molecule has 0 spiro atoms. The molecular weight excluding hydrogens is 234 g/mol. The van der Waals surface area contributed by atoms with Crippen molar-refractivity contribution in [1.82, 2.24) is 10.3 Å². The third kappa shape index (κ3) is 2.38. The van der Waals surface area contributed by atoms with Crippen molar-refractivity contribution in [1.29, 1.82) is 5.26 Å². The highest BCUT2D eigenvalue weighted by Gasteiger charge is 2.29. The summed E-state index contributed by atoms with van der Waals surface area (Å²) in [6.07, 6.45) is 2.07. The number of aromatic nitrogens is 1. The van der Waals surface area contributed by atoms with Crippen molar-refractivity contribution in [3.8, 4) is 6.07 Å². The molecule has 1 aliphatic rings. The summed E-state index contributed by atoms with van der Waals surface area (Å²) in [5.41, 5.74) is -0.154. The molecule has 1 atom stereocenters. The minimum atomic E-state index is -0.559. The SMILES string of the molecule is CC1(Nc2ncc([N+](=O)[O-])cc2C#N)CCNC1. The van der Waals surface area contributed by atoms with Gasteiger partial charge in [-0.25, -0.2) is 4.98 Å². The van der Waals surface area contributed by atoms with Crippen molar-refractivity contribution in [2.24, 2.45) is 0 Å². The third-order valence-corrected chi connectivity index (χ3v) is 2.99. The molecule has 0 saturated carbocycles. The largest absolute Gasteiger partial charge is 0.362 e. The highest BCUT2D eigenvalue weighted by atomic mass is 16.6. The Balaban J connectivity index is 2.28. The van der Waals surface area contributed by atoms with Crippen LogP contribution in [0.4, 0.5) is 11.5 Å². The molecule has 1 aromatic heterocycles. The molecule has 7 nitrogen and oxygen atoms in total. The number of nitriles is 1. The molecule has 0 radical (unpaired) electrons. The van der Waals surface area contributed by atoms with Gasteiger partial charge in [0.05, 0.1) is 4.92 Å². The number of anilines is 1. The molecule has 18 heavy (non-hydrogen) atoms. The van der Waals surface area contributed by atoms with Crippen LogP contribution in [0.5, 0.6) is 0 Å². The van der Waals surface area contributed by atoms with Gasteiger partial charge in [0.25, 0.3) is 5.69 Å². The molecule has 0 aromatic carbocycles. The van der Waals surface area contributed by atoms with Gasteiger partial charge in [-0.3, -0.25) is 10.1 Å². The third-order valence-electron chi connectivity index (χ3n) is 2.99. The molecule has 2 heterocycles. The maximum absolute atomic E-state index is 10.6. The molecule has 1 aromatic rings. The summed E-state index contributed by atoms with van der Waals surface area (Å²) in [5.74, 6) is 0.398. The molecule has 2 N–H and O–H groups in total. The highest BCUT2D eigenvalue weighted by Crippen LogP contribution is 2.24. The van der Waals surface area contributed by atoms with E-state index >= 15 is 0 Å². The average Bonchev–Trinajstić information content (AvgIpc) is 2.76. The highest BCUT2D eigenvalue weighted by molar-refractivity contribution is 5.56. The second kappa shape index (κ2) is 4.58. The number of rotatable bonds is 3. The quantitative estimate of drug-likeness (QED) is 0.610. The predicted molar refractivity (Wildman–Crippen MR) is 65.1 cm³/mol. The molecule has 1 aliphatic heterocycles. The monoisotopic (exact) mass is 247 g/mol. The first kappa shape index (κ1) is 12.3. The van der Waals surface area contributed by atoms with Crippen LogP contribution in [0.2, 0.25) is 0 Å². The van der Waals surface area contributed by atoms with Crippen molar-refractivity contribution in [2.75, 3.05) is 18.4 Å². The fraction of sp³-hybridized carbons (Fsp3) is 0.455. The summed E-state index contributed by atoms with van der Waals surface area (Å²) in [6.45, 7) is 3.70. The number of hydrogen-bond donors (Lipinski definition) is 2. The van der Waals surface area contributed by atoms with Gasteiger partial charge in [0.1, 0.15) is 23.6 Å². The van der Waals surface area contributed by atoms with Crippen LogP contribution in [0.3, 0.4) is 0 Å². The smallest absolute Gasteiger partial charge is 0.289 e. The van der Waals surface area contributed by atoms with Crippen LogP contribution in [0, 0.1) is 21.4 Å². The number of pyridine rings is 1. The first-order chi connectivity index (χ1) is 8.54. The lowest BCUT2D eigenvalue weighted by molar-refractivity contribution is -0.385. The van der Waals surface area contributed by atoms with E-state index in [0.717, 1.165) is 25.7 Å². The van der Waals surface area contributed by atoms with E-state index in [1.165, 1.54) is 6.07 Å². The molecule has 0 aliphatic carbocycles. The van der Waals surface area contributed by atoms with Gasteiger partial charge in [0.15, 0.2) is 0 Å². The summed E-state index contributed by atoms with van der Waals surface area (Å²) in [5, 5.41) is 26.0. The molecule has 94 valence electrons. The Kier molecular flexibility index (Phi) is 3.12. The number of hydrogen-bond acceptors (Lipinski definition) is 6. The van der Waals surface area contributed by atoms with Crippen LogP contribution in [-0.4, -0.2) is 28.5 Å². The lowest BCUT2D eigenvalue weighted by atomic mass is 10.0. The summed E-state index contributed by atoms with van der Waals surface area (Å²) in [6, 6.07) is 3.17. The van der Waals surface area contributed by atoms with Crippen LogP contribution in [-0.2, 0) is 0 Å². The average molecular weight is 247 g/mol. The lowest BCUT2D eigenvalue weighted by Crippen LogP contribution is -2.37. The summed E-state index contributed by atoms with van der Waals surface area (Å²) in [4.78, 5) is 14.0. The van der Waals surface area contributed by atoms with Gasteiger partial charge < -0.3 is 10.6 Å². The van der Waals surface area contributed by atoms with E-state index in [1.54, 1.807) is 0 Å². The van der Waals surface area contributed by atoms with Crippen LogP contribution in [0.25, 0.3) is 0 Å². The van der Waals surface area contributed by atoms with Gasteiger partial charge in [0, 0.05) is 18.2 Å². The normalized spacial score (nSPS) is 22.4. The second-order valence-corrected chi connectivity index (χ2v) is 4.57. The van der Waals surface area contributed by atoms with Gasteiger partial charge in [-0.05, 0) is 19.9 Å². The molecular formula is C11H13N5O2. The molecule has 1 saturated heterocycles. The molecule has 0 bridgehead atoms. The zero-order valence-corrected chi connectivity index (χ0v) is 9.93. The molecule has 7 heteroatoms. The van der Waals surface area contributed by atoms with Crippen LogP contribution < -0.4 is 10.6 Å². The minimum Gasteiger partial charge on any atom is -0.362 e. The molecule has 1 unspecified atom stereocenters. The Bertz CT molecular complexity index is 517. The van der Waals surface area contributed by atoms with E-state index in [-0.39, 0.29) is 16.8 Å². The van der Waals surface area contributed by atoms with Crippen molar-refractivity contribution in [3.05, 3.63) is 27.9 Å². The molecule has 1 fully saturated rings. The van der Waals surface area contributed by atoms with Crippen molar-refractivity contribution in [2.45, 2.75) is 18.9 Å². The van der Waals surface area contributed by atoms with E-state index < -0.39 is 4.92 Å². The fourth-order valence-electron chi connectivity index (χ4n) is 1.95. The molecule has 0 amide bonds. The standard InChI is InChI=1S/C11H13N5O2/c1-11(2-3-13-7-11)15-10-8(5-12)4-9(6-14-10)16(17)18/h4,6,13H,2-3,7H2,1H3,(H,14,15). The van der Waals surface area contributed by atoms with E-state index in [1.807, 2.05) is 13.0 Å². The summed E-state index contributed by atoms with van der Waals surface area (Å²) < 4.78 is 0. The second-order valence-electron chi connectivity index (χ2n) is 4.57. The Labute approximate surface area is 104 Å². The van der Waals surface area contributed by atoms with Crippen molar-refractivity contribution >= 4 is 11.5 Å². The maximum Gasteiger partial charge on any atom is 0.289 e. The Morgan fingerprint density at radius 3 is 3.06 bits per heavy atom. The van der Waals surface area contributed by atoms with Crippen LogP contribution in [0.1, 0.15) is 18.9 Å². The van der Waals surface area contributed by atoms with E-state index in [2.05, 4.69) is 15.6 Å². The van der Waals surface area contributed by atoms with Gasteiger partial charge in [-0.15, -0.1) is 0 Å².